The van der Waals surface area contributed by atoms with E-state index in [4.69, 9.17) is 16.3 Å². The number of hydrogen-bond acceptors (Lipinski definition) is 6. The maximum Gasteiger partial charge on any atom is 0.322 e. The van der Waals surface area contributed by atoms with Gasteiger partial charge in [-0.05, 0) is 51.3 Å². The normalized spacial score (nSPS) is 29.2. The minimum absolute atomic E-state index is 0.170. The molecule has 2 bridgehead atoms. The molecule has 21 heavy (non-hydrogen) atoms. The van der Waals surface area contributed by atoms with Crippen LogP contribution in [0.1, 0.15) is 39.0 Å². The average Bonchev–Trinajstić information content (AvgIpc) is 2.39. The number of halogens is 1. The second-order valence-corrected chi connectivity index (χ2v) is 6.20. The predicted octanol–water partition coefficient (Wildman–Crippen LogP) is 2.35. The summed E-state index contributed by atoms with van der Waals surface area (Å²) in [4.78, 5) is 14.9. The lowest BCUT2D eigenvalue weighted by Crippen LogP contribution is -2.52. The first-order valence-electron chi connectivity index (χ1n) is 7.68. The lowest BCUT2D eigenvalue weighted by Gasteiger charge is -2.47. The molecule has 1 aromatic rings. The van der Waals surface area contributed by atoms with E-state index in [0.717, 1.165) is 12.8 Å². The van der Waals surface area contributed by atoms with Crippen LogP contribution < -0.4 is 10.1 Å². The van der Waals surface area contributed by atoms with Crippen molar-refractivity contribution < 1.29 is 4.74 Å². The highest BCUT2D eigenvalue weighted by Gasteiger charge is 2.36. The highest BCUT2D eigenvalue weighted by atomic mass is 35.5. The van der Waals surface area contributed by atoms with Gasteiger partial charge in [-0.1, -0.05) is 6.42 Å². The van der Waals surface area contributed by atoms with E-state index in [1.165, 1.54) is 19.3 Å². The molecule has 2 fully saturated rings. The first-order valence-corrected chi connectivity index (χ1v) is 8.06. The van der Waals surface area contributed by atoms with Crippen molar-refractivity contribution in [2.75, 3.05) is 19.0 Å². The Morgan fingerprint density at radius 3 is 2.62 bits per heavy atom. The topological polar surface area (TPSA) is 63.2 Å². The molecule has 2 aliphatic heterocycles. The second kappa shape index (κ2) is 6.32. The Bertz CT molecular complexity index is 486. The van der Waals surface area contributed by atoms with Gasteiger partial charge in [0.05, 0.1) is 6.61 Å². The monoisotopic (exact) mass is 311 g/mol. The van der Waals surface area contributed by atoms with E-state index in [9.17, 15) is 0 Å². The average molecular weight is 312 g/mol. The molecule has 6 nitrogen and oxygen atoms in total. The zero-order chi connectivity index (χ0) is 14.8. The third kappa shape index (κ3) is 3.37. The molecule has 2 atom stereocenters. The summed E-state index contributed by atoms with van der Waals surface area (Å²) in [6.45, 7) is 2.40. The molecule has 0 saturated carbocycles. The molecule has 3 rings (SSSR count). The maximum atomic E-state index is 5.93. The second-order valence-electron chi connectivity index (χ2n) is 5.86. The molecule has 2 unspecified atom stereocenters. The lowest BCUT2D eigenvalue weighted by molar-refractivity contribution is 0.0607. The van der Waals surface area contributed by atoms with E-state index >= 15 is 0 Å². The van der Waals surface area contributed by atoms with E-state index in [0.29, 0.717) is 30.7 Å². The van der Waals surface area contributed by atoms with Crippen LogP contribution in [0.15, 0.2) is 0 Å². The highest BCUT2D eigenvalue weighted by molar-refractivity contribution is 6.28. The number of ether oxygens (including phenoxy) is 1. The fourth-order valence-electron chi connectivity index (χ4n) is 3.51. The molecule has 2 aliphatic rings. The van der Waals surface area contributed by atoms with Crippen LogP contribution in [-0.2, 0) is 0 Å². The molecule has 2 saturated heterocycles. The maximum absolute atomic E-state index is 5.93. The first-order chi connectivity index (χ1) is 10.2. The Morgan fingerprint density at radius 2 is 1.95 bits per heavy atom. The van der Waals surface area contributed by atoms with Gasteiger partial charge in [0.25, 0.3) is 0 Å². The standard InChI is InChI=1S/C14H22ClN5O/c1-3-21-14-18-12(15)17-13(19-14)16-9-7-10-5-4-6-11(8-9)20(10)2/h9-11H,3-8H2,1-2H3,(H,16,17,18,19). The molecule has 0 spiro atoms. The number of nitrogens with zero attached hydrogens (tertiary/aromatic N) is 4. The van der Waals surface area contributed by atoms with Crippen molar-refractivity contribution in [3.63, 3.8) is 0 Å². The Labute approximate surface area is 130 Å². The number of piperidine rings is 2. The van der Waals surface area contributed by atoms with E-state index in [1.54, 1.807) is 0 Å². The predicted molar refractivity (Wildman–Crippen MR) is 81.8 cm³/mol. The van der Waals surface area contributed by atoms with Gasteiger partial charge in [0, 0.05) is 18.1 Å². The highest BCUT2D eigenvalue weighted by Crippen LogP contribution is 2.33. The summed E-state index contributed by atoms with van der Waals surface area (Å²) in [5, 5.41) is 3.59. The summed E-state index contributed by atoms with van der Waals surface area (Å²) in [6.07, 6.45) is 6.17. The van der Waals surface area contributed by atoms with Crippen LogP contribution in [0.4, 0.5) is 5.95 Å². The van der Waals surface area contributed by atoms with E-state index in [1.807, 2.05) is 6.92 Å². The zero-order valence-electron chi connectivity index (χ0n) is 12.5. The van der Waals surface area contributed by atoms with Crippen molar-refractivity contribution in [2.24, 2.45) is 0 Å². The van der Waals surface area contributed by atoms with E-state index in [2.05, 4.69) is 32.2 Å². The smallest absolute Gasteiger partial charge is 0.322 e. The number of nitrogens with one attached hydrogen (secondary N) is 1. The summed E-state index contributed by atoms with van der Waals surface area (Å²) in [7, 11) is 2.25. The van der Waals surface area contributed by atoms with Gasteiger partial charge in [-0.3, -0.25) is 0 Å². The van der Waals surface area contributed by atoms with Crippen LogP contribution in [0.2, 0.25) is 5.28 Å². The summed E-state index contributed by atoms with van der Waals surface area (Å²) in [5.74, 6) is 0.520. The molecule has 7 heteroatoms. The molecule has 116 valence electrons. The van der Waals surface area contributed by atoms with Crippen LogP contribution in [0.25, 0.3) is 0 Å². The lowest BCUT2D eigenvalue weighted by atomic mass is 9.82. The van der Waals surface area contributed by atoms with Crippen molar-refractivity contribution in [1.82, 2.24) is 19.9 Å². The minimum Gasteiger partial charge on any atom is -0.464 e. The molecular formula is C14H22ClN5O. The number of fused-ring (bicyclic) bond motifs is 2. The largest absolute Gasteiger partial charge is 0.464 e. The third-order valence-corrected chi connectivity index (χ3v) is 4.70. The number of anilines is 1. The van der Waals surface area contributed by atoms with Crippen molar-refractivity contribution in [3.05, 3.63) is 5.28 Å². The van der Waals surface area contributed by atoms with Crippen molar-refractivity contribution >= 4 is 17.5 Å². The molecular weight excluding hydrogens is 290 g/mol. The summed E-state index contributed by atoms with van der Waals surface area (Å²) in [6, 6.07) is 2.01. The number of hydrogen-bond donors (Lipinski definition) is 1. The Kier molecular flexibility index (Phi) is 4.45. The Hall–Kier alpha value is -1.14. The van der Waals surface area contributed by atoms with Gasteiger partial charge in [0.1, 0.15) is 0 Å². The Morgan fingerprint density at radius 1 is 1.24 bits per heavy atom. The minimum atomic E-state index is 0.170. The molecule has 0 amide bonds. The fourth-order valence-corrected chi connectivity index (χ4v) is 3.66. The SMILES string of the molecule is CCOc1nc(Cl)nc(NC2CC3CCCC(C2)N3C)n1. The summed E-state index contributed by atoms with van der Waals surface area (Å²) >= 11 is 5.93. The van der Waals surface area contributed by atoms with Crippen LogP contribution >= 0.6 is 11.6 Å². The summed E-state index contributed by atoms with van der Waals surface area (Å²) < 4.78 is 5.31. The van der Waals surface area contributed by atoms with Crippen molar-refractivity contribution in [2.45, 2.75) is 57.2 Å². The van der Waals surface area contributed by atoms with Gasteiger partial charge >= 0.3 is 6.01 Å². The number of aromatic nitrogens is 3. The molecule has 0 aromatic carbocycles. The van der Waals surface area contributed by atoms with Crippen LogP contribution in [0.3, 0.4) is 0 Å². The van der Waals surface area contributed by atoms with Gasteiger partial charge in [-0.2, -0.15) is 15.0 Å². The molecule has 3 heterocycles. The quantitative estimate of drug-likeness (QED) is 0.921. The van der Waals surface area contributed by atoms with Gasteiger partial charge < -0.3 is 15.0 Å². The van der Waals surface area contributed by atoms with Gasteiger partial charge in [-0.15, -0.1) is 0 Å². The summed E-state index contributed by atoms with van der Waals surface area (Å²) in [5.41, 5.74) is 0. The van der Waals surface area contributed by atoms with E-state index in [-0.39, 0.29) is 11.3 Å². The third-order valence-electron chi connectivity index (χ3n) is 4.53. The Balaban J connectivity index is 1.69. The van der Waals surface area contributed by atoms with E-state index < -0.39 is 0 Å². The van der Waals surface area contributed by atoms with Crippen LogP contribution in [0, 0.1) is 0 Å². The van der Waals surface area contributed by atoms with Gasteiger partial charge in [-0.25, -0.2) is 0 Å². The van der Waals surface area contributed by atoms with Gasteiger partial charge in [0.2, 0.25) is 11.2 Å². The van der Waals surface area contributed by atoms with Crippen molar-refractivity contribution in [1.29, 1.82) is 0 Å². The van der Waals surface area contributed by atoms with Crippen LogP contribution in [-0.4, -0.2) is 51.6 Å². The fraction of sp³-hybridized carbons (Fsp3) is 0.786. The number of rotatable bonds is 4. The van der Waals surface area contributed by atoms with Crippen LogP contribution in [0.5, 0.6) is 6.01 Å². The van der Waals surface area contributed by atoms with Crippen molar-refractivity contribution in [3.8, 4) is 6.01 Å². The van der Waals surface area contributed by atoms with Gasteiger partial charge in [0.15, 0.2) is 0 Å². The first kappa shape index (κ1) is 14.8. The molecule has 1 N–H and O–H groups in total. The molecule has 0 radical (unpaired) electrons. The molecule has 0 aliphatic carbocycles. The zero-order valence-corrected chi connectivity index (χ0v) is 13.3. The molecule has 1 aromatic heterocycles.